The largest absolute Gasteiger partial charge is 0.299 e. The first-order chi connectivity index (χ1) is 22.6. The molecule has 10 atom stereocenters. The van der Waals surface area contributed by atoms with Gasteiger partial charge >= 0.3 is 0 Å². The third-order valence-electron chi connectivity index (χ3n) is 15.2. The van der Waals surface area contributed by atoms with Gasteiger partial charge in [0, 0.05) is 66.3 Å². The van der Waals surface area contributed by atoms with E-state index in [0.29, 0.717) is 82.5 Å². The molecule has 7 heteroatoms. The van der Waals surface area contributed by atoms with Crippen LogP contribution in [-0.2, 0) is 24.0 Å². The zero-order valence-electron chi connectivity index (χ0n) is 28.4. The fraction of sp³-hybridized carbons (Fsp3) is 0.775. The van der Waals surface area contributed by atoms with Gasteiger partial charge in [-0.05, 0) is 112 Å². The SMILES string of the molecule is CC[C@]12CC(=O)C3C4CCC(=O)C=C4CCC3C1CCC2=O.CC[C@]12CC(=O)C3C4CCC5(C=C4CCC3C1CCC2=O)SCCS5. The van der Waals surface area contributed by atoms with Crippen molar-refractivity contribution in [1.82, 2.24) is 0 Å². The maximum Gasteiger partial charge on any atom is 0.155 e. The molecule has 254 valence electrons. The van der Waals surface area contributed by atoms with Crippen LogP contribution in [0.3, 0.4) is 0 Å². The molecule has 8 unspecified atom stereocenters. The Bertz CT molecular complexity index is 1450. The summed E-state index contributed by atoms with van der Waals surface area (Å²) in [7, 11) is 0. The zero-order chi connectivity index (χ0) is 32.7. The van der Waals surface area contributed by atoms with Crippen LogP contribution in [0.4, 0.5) is 0 Å². The quantitative estimate of drug-likeness (QED) is 0.273. The topological polar surface area (TPSA) is 85.3 Å². The van der Waals surface area contributed by atoms with E-state index in [0.717, 1.165) is 57.8 Å². The highest BCUT2D eigenvalue weighted by Crippen LogP contribution is 2.64. The molecule has 0 aromatic rings. The van der Waals surface area contributed by atoms with Crippen LogP contribution >= 0.6 is 23.5 Å². The first-order valence-corrected chi connectivity index (χ1v) is 21.0. The van der Waals surface area contributed by atoms with Gasteiger partial charge < -0.3 is 0 Å². The standard InChI is InChI=1S/C21H28O2S2.C19H24O3/c1-2-20-12-17(22)19-14-7-8-21(24-9-10-25-21)11-13(14)3-4-15(19)16(20)5-6-18(20)23;1-2-19-10-16(21)18-13-6-4-12(20)9-11(13)3-5-14(18)15(19)7-8-17(19)22/h11,14-16,19H,2-10,12H2,1H3;9,13-15,18H,2-8,10H2,1H3/t14?,15?,16?,19?,20-;13?,14?,15?,18?,19-/m00/s1. The van der Waals surface area contributed by atoms with Crippen LogP contribution in [0.15, 0.2) is 23.3 Å². The van der Waals surface area contributed by atoms with Crippen LogP contribution in [0.2, 0.25) is 0 Å². The lowest BCUT2D eigenvalue weighted by atomic mass is 9.51. The third kappa shape index (κ3) is 4.95. The van der Waals surface area contributed by atoms with E-state index in [1.165, 1.54) is 36.3 Å². The molecule has 1 saturated heterocycles. The van der Waals surface area contributed by atoms with Crippen LogP contribution in [0, 0.1) is 58.2 Å². The van der Waals surface area contributed by atoms with Gasteiger partial charge in [-0.1, -0.05) is 31.1 Å². The summed E-state index contributed by atoms with van der Waals surface area (Å²) >= 11 is 4.25. The molecule has 0 aromatic carbocycles. The fourth-order valence-electron chi connectivity index (χ4n) is 13.1. The third-order valence-corrected chi connectivity index (χ3v) is 18.6. The van der Waals surface area contributed by atoms with Crippen LogP contribution in [0.25, 0.3) is 0 Å². The molecule has 8 aliphatic carbocycles. The Labute approximate surface area is 289 Å². The number of carbonyl (C=O) groups is 5. The summed E-state index contributed by atoms with van der Waals surface area (Å²) in [4.78, 5) is 63.1. The van der Waals surface area contributed by atoms with Gasteiger partial charge in [0.25, 0.3) is 0 Å². The van der Waals surface area contributed by atoms with Crippen molar-refractivity contribution >= 4 is 52.4 Å². The predicted octanol–water partition coefficient (Wildman–Crippen LogP) is 8.14. The average Bonchev–Trinajstić information content (AvgIpc) is 3.76. The first kappa shape index (κ1) is 32.7. The fourth-order valence-corrected chi connectivity index (χ4v) is 16.3. The van der Waals surface area contributed by atoms with Gasteiger partial charge in [-0.25, -0.2) is 0 Å². The van der Waals surface area contributed by atoms with Crippen molar-refractivity contribution in [3.05, 3.63) is 23.3 Å². The van der Waals surface area contributed by atoms with Gasteiger partial charge in [0.15, 0.2) is 5.78 Å². The number of carbonyl (C=O) groups excluding carboxylic acids is 5. The van der Waals surface area contributed by atoms with Crippen molar-refractivity contribution in [2.24, 2.45) is 58.2 Å². The molecule has 5 nitrogen and oxygen atoms in total. The van der Waals surface area contributed by atoms with Crippen LogP contribution in [0.1, 0.15) is 117 Å². The monoisotopic (exact) mass is 676 g/mol. The molecule has 9 rings (SSSR count). The second kappa shape index (κ2) is 12.1. The van der Waals surface area contributed by atoms with Gasteiger partial charge in [-0.15, -0.1) is 23.5 Å². The minimum Gasteiger partial charge on any atom is -0.299 e. The lowest BCUT2D eigenvalue weighted by Crippen LogP contribution is -2.52. The first-order valence-electron chi connectivity index (χ1n) is 19.0. The Morgan fingerprint density at radius 3 is 1.72 bits per heavy atom. The molecule has 0 bridgehead atoms. The van der Waals surface area contributed by atoms with Crippen molar-refractivity contribution < 1.29 is 24.0 Å². The van der Waals surface area contributed by atoms with Gasteiger partial charge in [0.1, 0.15) is 23.1 Å². The van der Waals surface area contributed by atoms with E-state index in [1.54, 1.807) is 5.57 Å². The lowest BCUT2D eigenvalue weighted by Gasteiger charge is -2.52. The molecule has 9 aliphatic rings. The van der Waals surface area contributed by atoms with Gasteiger partial charge in [-0.3, -0.25) is 24.0 Å². The molecule has 6 saturated carbocycles. The second-order valence-corrected chi connectivity index (χ2v) is 19.7. The molecule has 7 fully saturated rings. The molecule has 0 radical (unpaired) electrons. The number of Topliss-reactive ketones (excluding diaryl/α,β-unsaturated/α-hetero) is 4. The zero-order valence-corrected chi connectivity index (χ0v) is 30.0. The molecule has 0 aromatic heterocycles. The van der Waals surface area contributed by atoms with E-state index >= 15 is 0 Å². The van der Waals surface area contributed by atoms with Crippen molar-refractivity contribution in [3.63, 3.8) is 0 Å². The summed E-state index contributed by atoms with van der Waals surface area (Å²) in [5.41, 5.74) is 2.19. The van der Waals surface area contributed by atoms with Gasteiger partial charge in [-0.2, -0.15) is 0 Å². The predicted molar refractivity (Wildman–Crippen MR) is 187 cm³/mol. The van der Waals surface area contributed by atoms with Crippen molar-refractivity contribution in [3.8, 4) is 0 Å². The maximum absolute atomic E-state index is 13.3. The van der Waals surface area contributed by atoms with Crippen molar-refractivity contribution in [2.75, 3.05) is 11.5 Å². The molecule has 1 aliphatic heterocycles. The molecule has 0 amide bonds. The van der Waals surface area contributed by atoms with Crippen LogP contribution in [-0.4, -0.2) is 44.5 Å². The molecule has 0 N–H and O–H groups in total. The average molecular weight is 677 g/mol. The van der Waals surface area contributed by atoms with E-state index in [9.17, 15) is 24.0 Å². The minimum absolute atomic E-state index is 0.0867. The molecule has 1 heterocycles. The summed E-state index contributed by atoms with van der Waals surface area (Å²) in [5, 5.41) is 0. The van der Waals surface area contributed by atoms with E-state index in [4.69, 9.17) is 0 Å². The highest BCUT2D eigenvalue weighted by atomic mass is 32.2. The number of ketones is 5. The Balaban J connectivity index is 0.000000139. The van der Waals surface area contributed by atoms with E-state index in [-0.39, 0.29) is 34.4 Å². The number of hydrogen-bond acceptors (Lipinski definition) is 7. The van der Waals surface area contributed by atoms with E-state index in [1.807, 2.05) is 6.08 Å². The molecule has 1 spiro atoms. The van der Waals surface area contributed by atoms with E-state index in [2.05, 4.69) is 43.4 Å². The Morgan fingerprint density at radius 1 is 0.638 bits per heavy atom. The number of hydrogen-bond donors (Lipinski definition) is 0. The Morgan fingerprint density at radius 2 is 1.17 bits per heavy atom. The minimum atomic E-state index is -0.343. The normalized spacial score (nSPS) is 44.7. The van der Waals surface area contributed by atoms with Crippen molar-refractivity contribution in [1.29, 1.82) is 0 Å². The second-order valence-electron chi connectivity index (χ2n) is 16.6. The number of allylic oxidation sites excluding steroid dienone is 2. The summed E-state index contributed by atoms with van der Waals surface area (Å²) in [5.74, 6) is 7.09. The number of rotatable bonds is 2. The smallest absolute Gasteiger partial charge is 0.155 e. The Kier molecular flexibility index (Phi) is 8.42. The summed E-state index contributed by atoms with van der Waals surface area (Å²) in [6.07, 6.45) is 18.6. The van der Waals surface area contributed by atoms with Crippen LogP contribution < -0.4 is 0 Å². The number of fused-ring (bicyclic) bond motifs is 10. The van der Waals surface area contributed by atoms with Crippen LogP contribution in [0.5, 0.6) is 0 Å². The number of thioether (sulfide) groups is 2. The van der Waals surface area contributed by atoms with Crippen molar-refractivity contribution in [2.45, 2.75) is 121 Å². The molecule has 47 heavy (non-hydrogen) atoms. The maximum atomic E-state index is 13.3. The Hall–Kier alpha value is -1.47. The molecular weight excluding hydrogens is 625 g/mol. The highest BCUT2D eigenvalue weighted by Gasteiger charge is 2.62. The molecular formula is C40H52O5S2. The van der Waals surface area contributed by atoms with Gasteiger partial charge in [0.05, 0.1) is 4.08 Å². The highest BCUT2D eigenvalue weighted by molar-refractivity contribution is 8.21. The van der Waals surface area contributed by atoms with Gasteiger partial charge in [0.2, 0.25) is 0 Å². The van der Waals surface area contributed by atoms with E-state index < -0.39 is 0 Å². The lowest BCUT2D eigenvalue weighted by molar-refractivity contribution is -0.147. The summed E-state index contributed by atoms with van der Waals surface area (Å²) in [6.45, 7) is 4.22. The summed E-state index contributed by atoms with van der Waals surface area (Å²) in [6, 6.07) is 0. The summed E-state index contributed by atoms with van der Waals surface area (Å²) < 4.78 is 0.326.